The highest BCUT2D eigenvalue weighted by Gasteiger charge is 2.10. The van der Waals surface area contributed by atoms with E-state index in [4.69, 9.17) is 5.73 Å². The SMILES string of the molecule is Nc1cc(NC2CCCCCCC2)ccn1. The van der Waals surface area contributed by atoms with Gasteiger partial charge < -0.3 is 11.1 Å². The average molecular weight is 219 g/mol. The molecule has 3 heteroatoms. The molecule has 3 nitrogen and oxygen atoms in total. The fraction of sp³-hybridized carbons (Fsp3) is 0.615. The lowest BCUT2D eigenvalue weighted by Crippen LogP contribution is -2.20. The maximum Gasteiger partial charge on any atom is 0.125 e. The first-order valence-electron chi connectivity index (χ1n) is 6.33. The summed E-state index contributed by atoms with van der Waals surface area (Å²) in [6.45, 7) is 0. The minimum Gasteiger partial charge on any atom is -0.384 e. The lowest BCUT2D eigenvalue weighted by atomic mass is 9.96. The van der Waals surface area contributed by atoms with Crippen molar-refractivity contribution in [1.29, 1.82) is 0 Å². The highest BCUT2D eigenvalue weighted by molar-refractivity contribution is 5.50. The van der Waals surface area contributed by atoms with E-state index >= 15 is 0 Å². The number of hydrogen-bond donors (Lipinski definition) is 2. The van der Waals surface area contributed by atoms with Crippen LogP contribution in [-0.4, -0.2) is 11.0 Å². The summed E-state index contributed by atoms with van der Waals surface area (Å²) in [6, 6.07) is 4.52. The summed E-state index contributed by atoms with van der Waals surface area (Å²) in [5.41, 5.74) is 6.78. The summed E-state index contributed by atoms with van der Waals surface area (Å²) in [7, 11) is 0. The molecule has 1 aliphatic rings. The predicted molar refractivity (Wildman–Crippen MR) is 68.4 cm³/mol. The van der Waals surface area contributed by atoms with Crippen LogP contribution < -0.4 is 11.1 Å². The molecule has 3 N–H and O–H groups in total. The van der Waals surface area contributed by atoms with Gasteiger partial charge in [0.15, 0.2) is 0 Å². The Balaban J connectivity index is 1.91. The van der Waals surface area contributed by atoms with Gasteiger partial charge in [-0.25, -0.2) is 4.98 Å². The molecule has 1 saturated carbocycles. The van der Waals surface area contributed by atoms with E-state index in [-0.39, 0.29) is 0 Å². The zero-order valence-corrected chi connectivity index (χ0v) is 9.78. The van der Waals surface area contributed by atoms with Crippen LogP contribution in [0.2, 0.25) is 0 Å². The topological polar surface area (TPSA) is 50.9 Å². The summed E-state index contributed by atoms with van der Waals surface area (Å²) in [6.07, 6.45) is 11.2. The van der Waals surface area contributed by atoms with Crippen LogP contribution in [0.15, 0.2) is 18.3 Å². The predicted octanol–water partition coefficient (Wildman–Crippen LogP) is 3.19. The number of pyridine rings is 1. The molecule has 0 aliphatic heterocycles. The smallest absolute Gasteiger partial charge is 0.125 e. The van der Waals surface area contributed by atoms with Crippen molar-refractivity contribution in [3.05, 3.63) is 18.3 Å². The molecule has 0 spiro atoms. The Morgan fingerprint density at radius 1 is 1.12 bits per heavy atom. The number of nitrogens with zero attached hydrogens (tertiary/aromatic N) is 1. The summed E-state index contributed by atoms with van der Waals surface area (Å²) in [5.74, 6) is 0.593. The highest BCUT2D eigenvalue weighted by Crippen LogP contribution is 2.21. The van der Waals surface area contributed by atoms with Gasteiger partial charge in [-0.15, -0.1) is 0 Å². The van der Waals surface area contributed by atoms with E-state index in [1.807, 2.05) is 12.1 Å². The molecule has 0 saturated heterocycles. The van der Waals surface area contributed by atoms with Gasteiger partial charge in [0.1, 0.15) is 5.82 Å². The van der Waals surface area contributed by atoms with Gasteiger partial charge in [-0.05, 0) is 18.9 Å². The Morgan fingerprint density at radius 3 is 2.50 bits per heavy atom. The van der Waals surface area contributed by atoms with Crippen molar-refractivity contribution in [2.24, 2.45) is 0 Å². The number of nitrogens with one attached hydrogen (secondary N) is 1. The maximum atomic E-state index is 5.67. The van der Waals surface area contributed by atoms with Crippen LogP contribution >= 0.6 is 0 Å². The molecule has 1 fully saturated rings. The third-order valence-electron chi connectivity index (χ3n) is 3.26. The van der Waals surface area contributed by atoms with Crippen LogP contribution in [0.3, 0.4) is 0 Å². The van der Waals surface area contributed by atoms with Gasteiger partial charge in [-0.3, -0.25) is 0 Å². The number of rotatable bonds is 2. The van der Waals surface area contributed by atoms with Crippen molar-refractivity contribution < 1.29 is 0 Å². The molecule has 1 aliphatic carbocycles. The Kier molecular flexibility index (Phi) is 4.03. The highest BCUT2D eigenvalue weighted by atomic mass is 14.9. The molecule has 0 atom stereocenters. The molecule has 0 aromatic carbocycles. The molecular weight excluding hydrogens is 198 g/mol. The molecule has 0 radical (unpaired) electrons. The van der Waals surface area contributed by atoms with Crippen LogP contribution in [-0.2, 0) is 0 Å². The second-order valence-corrected chi connectivity index (χ2v) is 4.66. The molecule has 0 bridgehead atoms. The van der Waals surface area contributed by atoms with Crippen LogP contribution in [0.5, 0.6) is 0 Å². The van der Waals surface area contributed by atoms with Crippen molar-refractivity contribution in [1.82, 2.24) is 4.98 Å². The van der Waals surface area contributed by atoms with Gasteiger partial charge in [0.05, 0.1) is 0 Å². The van der Waals surface area contributed by atoms with Gasteiger partial charge >= 0.3 is 0 Å². The van der Waals surface area contributed by atoms with Crippen LogP contribution in [0, 0.1) is 0 Å². The second kappa shape index (κ2) is 5.73. The van der Waals surface area contributed by atoms with Gasteiger partial charge in [-0.1, -0.05) is 32.1 Å². The molecule has 1 aromatic heterocycles. The number of nitrogens with two attached hydrogens (primary N) is 1. The van der Waals surface area contributed by atoms with Crippen molar-refractivity contribution in [3.8, 4) is 0 Å². The molecule has 2 rings (SSSR count). The average Bonchev–Trinajstić information content (AvgIpc) is 2.22. The normalized spacial score (nSPS) is 18.8. The van der Waals surface area contributed by atoms with Gasteiger partial charge in [0.25, 0.3) is 0 Å². The molecule has 16 heavy (non-hydrogen) atoms. The quantitative estimate of drug-likeness (QED) is 0.803. The van der Waals surface area contributed by atoms with Gasteiger partial charge in [0.2, 0.25) is 0 Å². The van der Waals surface area contributed by atoms with Crippen molar-refractivity contribution in [2.75, 3.05) is 11.1 Å². The van der Waals surface area contributed by atoms with E-state index < -0.39 is 0 Å². The van der Waals surface area contributed by atoms with Gasteiger partial charge in [0, 0.05) is 24.0 Å². The van der Waals surface area contributed by atoms with Crippen LogP contribution in [0.1, 0.15) is 44.9 Å². The Bertz CT molecular complexity index is 317. The van der Waals surface area contributed by atoms with E-state index in [2.05, 4.69) is 10.3 Å². The minimum absolute atomic E-state index is 0.593. The monoisotopic (exact) mass is 219 g/mol. The standard InChI is InChI=1S/C13H21N3/c14-13-10-12(8-9-15-13)16-11-6-4-2-1-3-5-7-11/h8-11H,1-7H2,(H3,14,15,16). The first-order chi connectivity index (χ1) is 7.84. The Morgan fingerprint density at radius 2 is 1.81 bits per heavy atom. The molecule has 88 valence electrons. The number of nitrogen functional groups attached to an aromatic ring is 1. The van der Waals surface area contributed by atoms with E-state index in [0.29, 0.717) is 11.9 Å². The zero-order valence-electron chi connectivity index (χ0n) is 9.78. The van der Waals surface area contributed by atoms with Crippen molar-refractivity contribution in [2.45, 2.75) is 51.0 Å². The lowest BCUT2D eigenvalue weighted by molar-refractivity contribution is 0.471. The summed E-state index contributed by atoms with van der Waals surface area (Å²) < 4.78 is 0. The fourth-order valence-corrected chi connectivity index (χ4v) is 2.37. The first-order valence-corrected chi connectivity index (χ1v) is 6.33. The molecule has 1 aromatic rings. The third-order valence-corrected chi connectivity index (χ3v) is 3.26. The maximum absolute atomic E-state index is 5.67. The summed E-state index contributed by atoms with van der Waals surface area (Å²) >= 11 is 0. The Labute approximate surface area is 97.5 Å². The van der Waals surface area contributed by atoms with Crippen LogP contribution in [0.25, 0.3) is 0 Å². The minimum atomic E-state index is 0.593. The number of aromatic nitrogens is 1. The fourth-order valence-electron chi connectivity index (χ4n) is 2.37. The van der Waals surface area contributed by atoms with Crippen LogP contribution in [0.4, 0.5) is 11.5 Å². The van der Waals surface area contributed by atoms with Crippen molar-refractivity contribution in [3.63, 3.8) is 0 Å². The lowest BCUT2D eigenvalue weighted by Gasteiger charge is -2.22. The van der Waals surface area contributed by atoms with E-state index in [1.165, 1.54) is 44.9 Å². The third kappa shape index (κ3) is 3.40. The summed E-state index contributed by atoms with van der Waals surface area (Å²) in [5, 5.41) is 3.57. The Hall–Kier alpha value is -1.25. The second-order valence-electron chi connectivity index (χ2n) is 4.66. The zero-order chi connectivity index (χ0) is 11.2. The molecular formula is C13H21N3. The summed E-state index contributed by atoms with van der Waals surface area (Å²) in [4.78, 5) is 4.00. The van der Waals surface area contributed by atoms with Crippen molar-refractivity contribution >= 4 is 11.5 Å². The van der Waals surface area contributed by atoms with Gasteiger partial charge in [-0.2, -0.15) is 0 Å². The van der Waals surface area contributed by atoms with E-state index in [1.54, 1.807) is 6.20 Å². The molecule has 1 heterocycles. The molecule has 0 unspecified atom stereocenters. The van der Waals surface area contributed by atoms with E-state index in [0.717, 1.165) is 5.69 Å². The molecule has 0 amide bonds. The number of anilines is 2. The number of hydrogen-bond acceptors (Lipinski definition) is 3. The largest absolute Gasteiger partial charge is 0.384 e. The van der Waals surface area contributed by atoms with E-state index in [9.17, 15) is 0 Å². The first kappa shape index (κ1) is 11.2.